The fourth-order valence-corrected chi connectivity index (χ4v) is 3.33. The van der Waals surface area contributed by atoms with Crippen LogP contribution in [0, 0.1) is 0 Å². The maximum Gasteiger partial charge on any atom is 0.349 e. The molecule has 3 heterocycles. The van der Waals surface area contributed by atoms with Gasteiger partial charge < -0.3 is 10.2 Å². The van der Waals surface area contributed by atoms with Gasteiger partial charge in [0.25, 0.3) is 0 Å². The lowest BCUT2D eigenvalue weighted by Crippen LogP contribution is -2.33. The highest BCUT2D eigenvalue weighted by Crippen LogP contribution is 2.21. The molecule has 0 atom stereocenters. The Morgan fingerprint density at radius 1 is 1.08 bits per heavy atom. The first-order valence-electron chi connectivity index (χ1n) is 8.89. The van der Waals surface area contributed by atoms with E-state index in [4.69, 9.17) is 0 Å². The summed E-state index contributed by atoms with van der Waals surface area (Å²) in [4.78, 5) is 26.9. The number of anilines is 2. The molecule has 1 fully saturated rings. The van der Waals surface area contributed by atoms with Crippen molar-refractivity contribution in [1.82, 2.24) is 14.2 Å². The largest absolute Gasteiger partial charge is 0.372 e. The Balaban J connectivity index is 1.42. The number of carbonyl (C=O) groups is 1. The van der Waals surface area contributed by atoms with Crippen molar-refractivity contribution in [2.24, 2.45) is 0 Å². The summed E-state index contributed by atoms with van der Waals surface area (Å²) < 4.78 is 2.62. The van der Waals surface area contributed by atoms with Crippen LogP contribution in [0.15, 0.2) is 53.6 Å². The van der Waals surface area contributed by atoms with Crippen molar-refractivity contribution in [2.75, 3.05) is 23.3 Å². The number of rotatable bonds is 4. The highest BCUT2D eigenvalue weighted by atomic mass is 16.2. The fourth-order valence-electron chi connectivity index (χ4n) is 3.33. The number of hydrogen-bond acceptors (Lipinski definition) is 4. The van der Waals surface area contributed by atoms with Gasteiger partial charge in [0.2, 0.25) is 5.91 Å². The number of piperidine rings is 1. The number of fused-ring (bicyclic) bond motifs is 1. The Kier molecular flexibility index (Phi) is 4.43. The molecule has 1 amide bonds. The fraction of sp³-hybridized carbons (Fsp3) is 0.316. The lowest BCUT2D eigenvalue weighted by molar-refractivity contribution is -0.117. The summed E-state index contributed by atoms with van der Waals surface area (Å²) in [6.45, 7) is 2.05. The normalized spacial score (nSPS) is 14.5. The maximum absolute atomic E-state index is 12.3. The van der Waals surface area contributed by atoms with Crippen molar-refractivity contribution in [3.63, 3.8) is 0 Å². The van der Waals surface area contributed by atoms with E-state index in [2.05, 4.69) is 15.3 Å². The Morgan fingerprint density at radius 2 is 1.85 bits per heavy atom. The van der Waals surface area contributed by atoms with Crippen LogP contribution >= 0.6 is 0 Å². The quantitative estimate of drug-likeness (QED) is 0.782. The average Bonchev–Trinajstić information content (AvgIpc) is 3.15. The molecule has 1 saturated heterocycles. The predicted octanol–water partition coefficient (Wildman–Crippen LogP) is 2.12. The van der Waals surface area contributed by atoms with Gasteiger partial charge >= 0.3 is 5.69 Å². The van der Waals surface area contributed by atoms with Gasteiger partial charge in [-0.15, -0.1) is 0 Å². The number of amides is 1. The van der Waals surface area contributed by atoms with Crippen molar-refractivity contribution >= 4 is 22.8 Å². The maximum atomic E-state index is 12.3. The minimum atomic E-state index is -0.330. The second-order valence-corrected chi connectivity index (χ2v) is 6.53. The number of benzene rings is 1. The summed E-state index contributed by atoms with van der Waals surface area (Å²) >= 11 is 0. The smallest absolute Gasteiger partial charge is 0.349 e. The Labute approximate surface area is 150 Å². The first-order valence-corrected chi connectivity index (χ1v) is 8.89. The van der Waals surface area contributed by atoms with E-state index in [0.717, 1.165) is 17.8 Å². The van der Waals surface area contributed by atoms with E-state index < -0.39 is 0 Å². The molecule has 134 valence electrons. The van der Waals surface area contributed by atoms with Crippen LogP contribution in [0.25, 0.3) is 5.52 Å². The summed E-state index contributed by atoms with van der Waals surface area (Å²) in [5, 5.41) is 6.87. The molecule has 1 aliphatic heterocycles. The topological polar surface area (TPSA) is 71.6 Å². The average molecular weight is 351 g/mol. The van der Waals surface area contributed by atoms with Crippen LogP contribution < -0.4 is 15.9 Å². The molecule has 0 aliphatic carbocycles. The zero-order chi connectivity index (χ0) is 17.9. The Hall–Kier alpha value is -3.09. The minimum absolute atomic E-state index is 0.124. The van der Waals surface area contributed by atoms with Gasteiger partial charge in [-0.05, 0) is 55.7 Å². The van der Waals surface area contributed by atoms with Gasteiger partial charge in [0, 0.05) is 30.7 Å². The Morgan fingerprint density at radius 3 is 2.62 bits per heavy atom. The number of nitrogens with one attached hydrogen (secondary N) is 1. The van der Waals surface area contributed by atoms with E-state index >= 15 is 0 Å². The van der Waals surface area contributed by atoms with E-state index in [9.17, 15) is 9.59 Å². The third-order valence-corrected chi connectivity index (χ3v) is 4.70. The number of hydrogen-bond donors (Lipinski definition) is 1. The van der Waals surface area contributed by atoms with E-state index in [0.29, 0.717) is 11.2 Å². The minimum Gasteiger partial charge on any atom is -0.372 e. The number of aromatic nitrogens is 3. The molecule has 0 bridgehead atoms. The molecule has 2 aromatic heterocycles. The summed E-state index contributed by atoms with van der Waals surface area (Å²) in [5.41, 5.74) is 2.27. The van der Waals surface area contributed by atoms with Crippen LogP contribution in [0.5, 0.6) is 0 Å². The van der Waals surface area contributed by atoms with Gasteiger partial charge in [0.05, 0.1) is 11.7 Å². The van der Waals surface area contributed by atoms with Crippen molar-refractivity contribution < 1.29 is 4.79 Å². The molecular formula is C19H21N5O2. The summed E-state index contributed by atoms with van der Waals surface area (Å²) in [5.74, 6) is -0.281. The van der Waals surface area contributed by atoms with Crippen LogP contribution in [0.2, 0.25) is 0 Å². The molecule has 4 rings (SSSR count). The van der Waals surface area contributed by atoms with Gasteiger partial charge in [-0.1, -0.05) is 0 Å². The van der Waals surface area contributed by atoms with Crippen LogP contribution in [0.3, 0.4) is 0 Å². The van der Waals surface area contributed by atoms with Crippen LogP contribution in [-0.4, -0.2) is 33.2 Å². The molecule has 0 radical (unpaired) electrons. The Bertz CT molecular complexity index is 968. The van der Waals surface area contributed by atoms with Gasteiger partial charge in [0.15, 0.2) is 0 Å². The standard InChI is InChI=1S/C19H21N5O2/c25-18(14-24-19(26)23-12-4-5-17(23)13-20-24)21-15-6-8-16(9-7-15)22-10-2-1-3-11-22/h4-9,12-13H,1-3,10-11,14H2,(H,21,25). The third-order valence-electron chi connectivity index (χ3n) is 4.70. The lowest BCUT2D eigenvalue weighted by atomic mass is 10.1. The van der Waals surface area contributed by atoms with Crippen molar-refractivity contribution in [3.8, 4) is 0 Å². The number of carbonyl (C=O) groups excluding carboxylic acids is 1. The summed E-state index contributed by atoms with van der Waals surface area (Å²) in [6.07, 6.45) is 6.99. The second kappa shape index (κ2) is 7.03. The molecule has 26 heavy (non-hydrogen) atoms. The van der Waals surface area contributed by atoms with Gasteiger partial charge in [-0.25, -0.2) is 9.48 Å². The first kappa shape index (κ1) is 16.4. The molecule has 3 aromatic rings. The molecule has 0 spiro atoms. The van der Waals surface area contributed by atoms with Crippen molar-refractivity contribution in [1.29, 1.82) is 0 Å². The molecule has 1 aromatic carbocycles. The highest BCUT2D eigenvalue weighted by Gasteiger charge is 2.12. The van der Waals surface area contributed by atoms with Gasteiger partial charge in [-0.3, -0.25) is 9.20 Å². The molecule has 0 unspecified atom stereocenters. The van der Waals surface area contributed by atoms with E-state index in [1.54, 1.807) is 24.5 Å². The zero-order valence-electron chi connectivity index (χ0n) is 14.5. The molecule has 7 nitrogen and oxygen atoms in total. The van der Waals surface area contributed by atoms with E-state index in [1.165, 1.54) is 29.4 Å². The summed E-state index contributed by atoms with van der Waals surface area (Å²) in [6, 6.07) is 11.4. The second-order valence-electron chi connectivity index (χ2n) is 6.53. The van der Waals surface area contributed by atoms with Crippen LogP contribution in [0.1, 0.15) is 19.3 Å². The van der Waals surface area contributed by atoms with Crippen molar-refractivity contribution in [3.05, 3.63) is 59.3 Å². The first-order chi connectivity index (χ1) is 12.7. The van der Waals surface area contributed by atoms with Gasteiger partial charge in [0.1, 0.15) is 6.54 Å². The highest BCUT2D eigenvalue weighted by molar-refractivity contribution is 5.90. The SMILES string of the molecule is O=C(Cn1ncc2cccn2c1=O)Nc1ccc(N2CCCCC2)cc1. The molecule has 1 N–H and O–H groups in total. The molecule has 0 saturated carbocycles. The molecule has 1 aliphatic rings. The predicted molar refractivity (Wildman–Crippen MR) is 101 cm³/mol. The van der Waals surface area contributed by atoms with E-state index in [1.807, 2.05) is 24.3 Å². The third kappa shape index (κ3) is 3.33. The molecule has 7 heteroatoms. The van der Waals surface area contributed by atoms with Crippen LogP contribution in [0.4, 0.5) is 11.4 Å². The lowest BCUT2D eigenvalue weighted by Gasteiger charge is -2.28. The van der Waals surface area contributed by atoms with Gasteiger partial charge in [-0.2, -0.15) is 5.10 Å². The van der Waals surface area contributed by atoms with Crippen molar-refractivity contribution in [2.45, 2.75) is 25.8 Å². The zero-order valence-corrected chi connectivity index (χ0v) is 14.5. The molecular weight excluding hydrogens is 330 g/mol. The monoisotopic (exact) mass is 351 g/mol. The number of nitrogens with zero attached hydrogens (tertiary/aromatic N) is 4. The van der Waals surface area contributed by atoms with Crippen LogP contribution in [-0.2, 0) is 11.3 Å². The van der Waals surface area contributed by atoms with E-state index in [-0.39, 0.29) is 18.1 Å². The summed E-state index contributed by atoms with van der Waals surface area (Å²) in [7, 11) is 0.